The summed E-state index contributed by atoms with van der Waals surface area (Å²) >= 11 is 0. The molecule has 1 aliphatic rings. The first kappa shape index (κ1) is 18.9. The lowest BCUT2D eigenvalue weighted by Crippen LogP contribution is -2.56. The number of benzene rings is 1. The van der Waals surface area contributed by atoms with Crippen molar-refractivity contribution in [1.82, 2.24) is 20.4 Å². The zero-order valence-corrected chi connectivity index (χ0v) is 14.4. The third-order valence-electron chi connectivity index (χ3n) is 4.19. The van der Waals surface area contributed by atoms with E-state index in [4.69, 9.17) is 0 Å². The lowest BCUT2D eigenvalue weighted by atomic mass is 10.1. The van der Waals surface area contributed by atoms with E-state index >= 15 is 0 Å². The van der Waals surface area contributed by atoms with Crippen LogP contribution in [0.4, 0.5) is 9.18 Å². The molecule has 1 heterocycles. The Kier molecular flexibility index (Phi) is 6.46. The Bertz CT molecular complexity index is 627. The molecule has 2 rings (SSSR count). The van der Waals surface area contributed by atoms with E-state index < -0.39 is 12.1 Å². The van der Waals surface area contributed by atoms with Crippen LogP contribution in [0.5, 0.6) is 0 Å². The summed E-state index contributed by atoms with van der Waals surface area (Å²) in [5.41, 5.74) is 0.442. The number of piperazine rings is 1. The molecule has 2 N–H and O–H groups in total. The first-order valence-corrected chi connectivity index (χ1v) is 8.30. The first-order valence-electron chi connectivity index (χ1n) is 8.30. The van der Waals surface area contributed by atoms with Gasteiger partial charge < -0.3 is 10.2 Å². The van der Waals surface area contributed by atoms with Gasteiger partial charge in [-0.25, -0.2) is 9.18 Å². The van der Waals surface area contributed by atoms with Gasteiger partial charge in [0.25, 0.3) is 5.91 Å². The molecule has 1 aromatic rings. The number of imide groups is 1. The fraction of sp³-hybridized carbons (Fsp3) is 0.471. The minimum absolute atomic E-state index is 0.154. The maximum atomic E-state index is 12.9. The average Bonchev–Trinajstić information content (AvgIpc) is 2.61. The summed E-state index contributed by atoms with van der Waals surface area (Å²) in [5, 5.41) is 4.81. The fourth-order valence-electron chi connectivity index (χ4n) is 2.67. The molecule has 0 spiro atoms. The second-order valence-corrected chi connectivity index (χ2v) is 5.86. The predicted molar refractivity (Wildman–Crippen MR) is 90.6 cm³/mol. The largest absolute Gasteiger partial charge is 0.338 e. The quantitative estimate of drug-likeness (QED) is 0.842. The Labute approximate surface area is 146 Å². The SMILES string of the molecule is CCNC(=O)NC(=O)C(C)N1CCN(C(=O)c2ccc(F)cc2)CC1. The monoisotopic (exact) mass is 350 g/mol. The molecule has 7 nitrogen and oxygen atoms in total. The number of halogens is 1. The van der Waals surface area contributed by atoms with Crippen LogP contribution in [-0.2, 0) is 4.79 Å². The summed E-state index contributed by atoms with van der Waals surface area (Å²) in [6.45, 7) is 5.92. The molecule has 0 saturated carbocycles. The van der Waals surface area contributed by atoms with Gasteiger partial charge in [0.1, 0.15) is 5.82 Å². The van der Waals surface area contributed by atoms with Gasteiger partial charge in [0.2, 0.25) is 5.91 Å². The smallest absolute Gasteiger partial charge is 0.321 e. The molecule has 1 fully saturated rings. The highest BCUT2D eigenvalue weighted by molar-refractivity contribution is 5.97. The molecule has 1 saturated heterocycles. The molecular weight excluding hydrogens is 327 g/mol. The van der Waals surface area contributed by atoms with E-state index in [0.29, 0.717) is 38.3 Å². The van der Waals surface area contributed by atoms with Gasteiger partial charge in [0.05, 0.1) is 6.04 Å². The highest BCUT2D eigenvalue weighted by Crippen LogP contribution is 2.11. The second-order valence-electron chi connectivity index (χ2n) is 5.86. The maximum absolute atomic E-state index is 12.9. The summed E-state index contributed by atoms with van der Waals surface area (Å²) < 4.78 is 12.9. The van der Waals surface area contributed by atoms with Crippen molar-refractivity contribution < 1.29 is 18.8 Å². The van der Waals surface area contributed by atoms with E-state index in [1.807, 2.05) is 4.90 Å². The predicted octanol–water partition coefficient (Wildman–Crippen LogP) is 0.818. The molecule has 4 amide bonds. The Balaban J connectivity index is 1.86. The highest BCUT2D eigenvalue weighted by atomic mass is 19.1. The Morgan fingerprint density at radius 3 is 2.28 bits per heavy atom. The van der Waals surface area contributed by atoms with E-state index in [0.717, 1.165) is 0 Å². The van der Waals surface area contributed by atoms with Gasteiger partial charge in [0.15, 0.2) is 0 Å². The van der Waals surface area contributed by atoms with Crippen LogP contribution in [0, 0.1) is 5.82 Å². The van der Waals surface area contributed by atoms with E-state index in [1.54, 1.807) is 18.7 Å². The van der Waals surface area contributed by atoms with Gasteiger partial charge in [0, 0.05) is 38.3 Å². The van der Waals surface area contributed by atoms with Crippen LogP contribution in [-0.4, -0.2) is 66.4 Å². The maximum Gasteiger partial charge on any atom is 0.321 e. The lowest BCUT2D eigenvalue weighted by molar-refractivity contribution is -0.125. The number of amides is 4. The number of nitrogens with zero attached hydrogens (tertiary/aromatic N) is 2. The van der Waals surface area contributed by atoms with Crippen LogP contribution in [0.2, 0.25) is 0 Å². The molecule has 1 aromatic carbocycles. The van der Waals surface area contributed by atoms with Crippen molar-refractivity contribution in [3.63, 3.8) is 0 Å². The van der Waals surface area contributed by atoms with Crippen molar-refractivity contribution in [2.24, 2.45) is 0 Å². The topological polar surface area (TPSA) is 81.8 Å². The number of rotatable bonds is 4. The van der Waals surface area contributed by atoms with Crippen molar-refractivity contribution in [2.45, 2.75) is 19.9 Å². The summed E-state index contributed by atoms with van der Waals surface area (Å²) in [5.74, 6) is -0.906. The number of carbonyl (C=O) groups is 3. The Hall–Kier alpha value is -2.48. The normalized spacial score (nSPS) is 16.2. The van der Waals surface area contributed by atoms with E-state index in [2.05, 4.69) is 10.6 Å². The summed E-state index contributed by atoms with van der Waals surface area (Å²) in [6, 6.07) is 4.48. The van der Waals surface area contributed by atoms with Gasteiger partial charge in [-0.15, -0.1) is 0 Å². The molecule has 25 heavy (non-hydrogen) atoms. The average molecular weight is 350 g/mol. The number of hydrogen-bond acceptors (Lipinski definition) is 4. The number of hydrogen-bond donors (Lipinski definition) is 2. The van der Waals surface area contributed by atoms with Crippen molar-refractivity contribution in [1.29, 1.82) is 0 Å². The van der Waals surface area contributed by atoms with Crippen LogP contribution in [0.15, 0.2) is 24.3 Å². The van der Waals surface area contributed by atoms with E-state index in [1.165, 1.54) is 24.3 Å². The van der Waals surface area contributed by atoms with Crippen molar-refractivity contribution >= 4 is 17.8 Å². The molecule has 8 heteroatoms. The third-order valence-corrected chi connectivity index (χ3v) is 4.19. The molecule has 0 bridgehead atoms. The second kappa shape index (κ2) is 8.57. The molecule has 1 aliphatic heterocycles. The van der Waals surface area contributed by atoms with Crippen LogP contribution in [0.25, 0.3) is 0 Å². The Morgan fingerprint density at radius 2 is 1.72 bits per heavy atom. The van der Waals surface area contributed by atoms with Gasteiger partial charge in [-0.3, -0.25) is 19.8 Å². The van der Waals surface area contributed by atoms with Gasteiger partial charge in [-0.1, -0.05) is 0 Å². The third kappa shape index (κ3) is 4.99. The van der Waals surface area contributed by atoms with E-state index in [-0.39, 0.29) is 17.6 Å². The molecular formula is C17H23FN4O3. The molecule has 1 atom stereocenters. The number of nitrogens with one attached hydrogen (secondary N) is 2. The fourth-order valence-corrected chi connectivity index (χ4v) is 2.67. The van der Waals surface area contributed by atoms with Crippen LogP contribution in [0.3, 0.4) is 0 Å². The molecule has 0 aliphatic carbocycles. The van der Waals surface area contributed by atoms with Crippen LogP contribution in [0.1, 0.15) is 24.2 Å². The summed E-state index contributed by atoms with van der Waals surface area (Å²) in [4.78, 5) is 39.5. The number of urea groups is 1. The van der Waals surface area contributed by atoms with Gasteiger partial charge in [-0.2, -0.15) is 0 Å². The van der Waals surface area contributed by atoms with Gasteiger partial charge >= 0.3 is 6.03 Å². The highest BCUT2D eigenvalue weighted by Gasteiger charge is 2.28. The minimum Gasteiger partial charge on any atom is -0.338 e. The standard InChI is InChI=1S/C17H23FN4O3/c1-3-19-17(25)20-15(23)12(2)21-8-10-22(11-9-21)16(24)13-4-6-14(18)7-5-13/h4-7,12H,3,8-11H2,1-2H3,(H2,19,20,23,25). The summed E-state index contributed by atoms with van der Waals surface area (Å²) in [6.07, 6.45) is 0. The van der Waals surface area contributed by atoms with Crippen LogP contribution < -0.4 is 10.6 Å². The lowest BCUT2D eigenvalue weighted by Gasteiger charge is -2.37. The molecule has 1 unspecified atom stereocenters. The zero-order chi connectivity index (χ0) is 18.4. The van der Waals surface area contributed by atoms with Gasteiger partial charge in [-0.05, 0) is 38.1 Å². The molecule has 0 aromatic heterocycles. The molecule has 0 radical (unpaired) electrons. The van der Waals surface area contributed by atoms with Crippen molar-refractivity contribution in [2.75, 3.05) is 32.7 Å². The zero-order valence-electron chi connectivity index (χ0n) is 14.4. The minimum atomic E-state index is -0.510. The van der Waals surface area contributed by atoms with Crippen molar-refractivity contribution in [3.05, 3.63) is 35.6 Å². The molecule has 136 valence electrons. The first-order chi connectivity index (χ1) is 11.9. The van der Waals surface area contributed by atoms with E-state index in [9.17, 15) is 18.8 Å². The summed E-state index contributed by atoms with van der Waals surface area (Å²) in [7, 11) is 0. The van der Waals surface area contributed by atoms with Crippen molar-refractivity contribution in [3.8, 4) is 0 Å². The Morgan fingerprint density at radius 1 is 1.12 bits per heavy atom. The van der Waals surface area contributed by atoms with Crippen LogP contribution >= 0.6 is 0 Å². The number of carbonyl (C=O) groups excluding carboxylic acids is 3.